The van der Waals surface area contributed by atoms with E-state index in [4.69, 9.17) is 9.15 Å². The van der Waals surface area contributed by atoms with Crippen LogP contribution in [0.5, 0.6) is 5.75 Å². The van der Waals surface area contributed by atoms with E-state index in [1.54, 1.807) is 18.2 Å². The molecule has 0 saturated heterocycles. The summed E-state index contributed by atoms with van der Waals surface area (Å²) >= 11 is 0. The van der Waals surface area contributed by atoms with Gasteiger partial charge in [0.1, 0.15) is 18.6 Å². The number of ketones is 1. The Bertz CT molecular complexity index is 998. The number of hydrogen-bond acceptors (Lipinski definition) is 7. The monoisotopic (exact) mass is 456 g/mol. The third-order valence-corrected chi connectivity index (χ3v) is 5.77. The molecule has 2 aromatic rings. The van der Waals surface area contributed by atoms with Gasteiger partial charge in [0.2, 0.25) is 5.89 Å². The van der Waals surface area contributed by atoms with Crippen LogP contribution >= 0.6 is 0 Å². The Kier molecular flexibility index (Phi) is 8.21. The molecule has 3 rings (SSSR count). The predicted molar refractivity (Wildman–Crippen MR) is 124 cm³/mol. The molecule has 0 saturated carbocycles. The van der Waals surface area contributed by atoms with Crippen LogP contribution in [0.1, 0.15) is 67.3 Å². The van der Waals surface area contributed by atoms with Crippen LogP contribution in [0.15, 0.2) is 28.9 Å². The number of nitrogens with one attached hydrogen (secondary N) is 1. The minimum Gasteiger partial charge on any atom is -0.482 e. The van der Waals surface area contributed by atoms with E-state index in [-0.39, 0.29) is 48.4 Å². The Morgan fingerprint density at radius 1 is 1.27 bits per heavy atom. The molecule has 1 N–H and O–H groups in total. The number of rotatable bonds is 11. The van der Waals surface area contributed by atoms with Crippen molar-refractivity contribution in [1.82, 2.24) is 15.2 Å². The number of carbonyl (C=O) groups excluding carboxylic acids is 3. The Hall–Kier alpha value is -3.20. The first-order valence-corrected chi connectivity index (χ1v) is 11.4. The van der Waals surface area contributed by atoms with Gasteiger partial charge in [-0.2, -0.15) is 0 Å². The molecule has 0 radical (unpaired) electrons. The van der Waals surface area contributed by atoms with Crippen molar-refractivity contribution in [3.8, 4) is 5.75 Å². The molecule has 2 heterocycles. The normalized spacial score (nSPS) is 14.1. The van der Waals surface area contributed by atoms with Crippen molar-refractivity contribution in [2.45, 2.75) is 53.1 Å². The van der Waals surface area contributed by atoms with E-state index in [0.29, 0.717) is 17.0 Å². The second kappa shape index (κ2) is 11.1. The van der Waals surface area contributed by atoms with Crippen LogP contribution in [0, 0.1) is 0 Å². The van der Waals surface area contributed by atoms with Gasteiger partial charge in [0.25, 0.3) is 11.8 Å². The van der Waals surface area contributed by atoms with E-state index >= 15 is 0 Å². The average molecular weight is 457 g/mol. The molecule has 1 aromatic heterocycles. The van der Waals surface area contributed by atoms with Crippen molar-refractivity contribution < 1.29 is 23.5 Å². The molecule has 33 heavy (non-hydrogen) atoms. The van der Waals surface area contributed by atoms with E-state index in [1.807, 2.05) is 6.92 Å². The third kappa shape index (κ3) is 6.19. The van der Waals surface area contributed by atoms with E-state index < -0.39 is 0 Å². The molecule has 0 bridgehead atoms. The lowest BCUT2D eigenvalue weighted by molar-refractivity contribution is -0.121. The number of benzene rings is 1. The highest BCUT2D eigenvalue weighted by Crippen LogP contribution is 2.34. The Balaban J connectivity index is 1.62. The minimum atomic E-state index is -0.312. The van der Waals surface area contributed by atoms with Crippen LogP contribution in [0.25, 0.3) is 0 Å². The van der Waals surface area contributed by atoms with Gasteiger partial charge in [-0.1, -0.05) is 13.8 Å². The molecule has 1 aliphatic rings. The highest BCUT2D eigenvalue weighted by atomic mass is 16.5. The smallest absolute Gasteiger partial charge is 0.273 e. The lowest BCUT2D eigenvalue weighted by Gasteiger charge is -2.28. The zero-order chi connectivity index (χ0) is 24.0. The number of Topliss-reactive ketones (excluding diaryl/α,β-unsaturated/α-hetero) is 1. The van der Waals surface area contributed by atoms with Crippen LogP contribution < -0.4 is 15.0 Å². The van der Waals surface area contributed by atoms with Crippen LogP contribution in [0.3, 0.4) is 0 Å². The zero-order valence-electron chi connectivity index (χ0n) is 19.7. The summed E-state index contributed by atoms with van der Waals surface area (Å²) in [5.74, 6) is 0.0191. The lowest BCUT2D eigenvalue weighted by atomic mass is 10.1. The second-order valence-electron chi connectivity index (χ2n) is 8.18. The quantitative estimate of drug-likeness (QED) is 0.518. The maximum atomic E-state index is 12.6. The van der Waals surface area contributed by atoms with Gasteiger partial charge < -0.3 is 19.4 Å². The first-order valence-electron chi connectivity index (χ1n) is 11.4. The summed E-state index contributed by atoms with van der Waals surface area (Å²) in [7, 11) is 0. The minimum absolute atomic E-state index is 0.00547. The summed E-state index contributed by atoms with van der Waals surface area (Å²) in [4.78, 5) is 44.9. The second-order valence-corrected chi connectivity index (χ2v) is 8.18. The van der Waals surface area contributed by atoms with E-state index in [9.17, 15) is 14.4 Å². The van der Waals surface area contributed by atoms with Gasteiger partial charge in [-0.25, -0.2) is 4.98 Å². The third-order valence-electron chi connectivity index (χ3n) is 5.77. The van der Waals surface area contributed by atoms with Crippen molar-refractivity contribution >= 4 is 23.3 Å². The molecule has 2 amide bonds. The summed E-state index contributed by atoms with van der Waals surface area (Å²) in [5.41, 5.74) is 1.11. The fraction of sp³-hybridized carbons (Fsp3) is 0.500. The number of fused-ring (bicyclic) bond motifs is 1. The number of oxazole rings is 1. The molecule has 1 unspecified atom stereocenters. The summed E-state index contributed by atoms with van der Waals surface area (Å²) in [6, 6.07) is 4.95. The van der Waals surface area contributed by atoms with Gasteiger partial charge in [-0.15, -0.1) is 0 Å². The molecule has 0 fully saturated rings. The Morgan fingerprint density at radius 2 is 2.03 bits per heavy atom. The molecular formula is C24H32N4O5. The van der Waals surface area contributed by atoms with Crippen molar-refractivity contribution in [3.63, 3.8) is 0 Å². The van der Waals surface area contributed by atoms with Crippen LogP contribution in [0.2, 0.25) is 0 Å². The fourth-order valence-electron chi connectivity index (χ4n) is 3.75. The van der Waals surface area contributed by atoms with Crippen LogP contribution in [-0.2, 0) is 11.3 Å². The molecule has 1 atom stereocenters. The van der Waals surface area contributed by atoms with Crippen LogP contribution in [0.4, 0.5) is 5.69 Å². The van der Waals surface area contributed by atoms with Gasteiger partial charge in [0.15, 0.2) is 18.1 Å². The van der Waals surface area contributed by atoms with Gasteiger partial charge in [-0.05, 0) is 64.5 Å². The Labute approximate surface area is 194 Å². The van der Waals surface area contributed by atoms with Crippen molar-refractivity contribution in [3.05, 3.63) is 41.6 Å². The molecule has 1 aliphatic heterocycles. The van der Waals surface area contributed by atoms with Crippen LogP contribution in [-0.4, -0.2) is 59.8 Å². The topological polar surface area (TPSA) is 105 Å². The number of anilines is 1. The summed E-state index contributed by atoms with van der Waals surface area (Å²) in [6.45, 7) is 10.7. The van der Waals surface area contributed by atoms with Gasteiger partial charge in [0, 0.05) is 11.6 Å². The highest BCUT2D eigenvalue weighted by Gasteiger charge is 2.28. The first kappa shape index (κ1) is 24.4. The van der Waals surface area contributed by atoms with Gasteiger partial charge in [0.05, 0.1) is 5.69 Å². The summed E-state index contributed by atoms with van der Waals surface area (Å²) < 4.78 is 10.9. The number of nitrogens with zero attached hydrogens (tertiary/aromatic N) is 3. The van der Waals surface area contributed by atoms with E-state index in [2.05, 4.69) is 29.0 Å². The van der Waals surface area contributed by atoms with Crippen molar-refractivity contribution in [2.75, 3.05) is 31.1 Å². The predicted octanol–water partition coefficient (Wildman–Crippen LogP) is 3.04. The largest absolute Gasteiger partial charge is 0.482 e. The SMILES string of the molecule is CCN(CC)CCCC(C)NC(=O)c1coc(CN2C(=O)COc3ccc(C(C)=O)cc32)n1. The molecule has 0 spiro atoms. The molecule has 178 valence electrons. The maximum Gasteiger partial charge on any atom is 0.273 e. The number of aromatic nitrogens is 1. The van der Waals surface area contributed by atoms with Crippen molar-refractivity contribution in [2.24, 2.45) is 0 Å². The lowest BCUT2D eigenvalue weighted by Crippen LogP contribution is -2.38. The zero-order valence-corrected chi connectivity index (χ0v) is 19.7. The van der Waals surface area contributed by atoms with E-state index in [1.165, 1.54) is 18.1 Å². The Morgan fingerprint density at radius 3 is 2.73 bits per heavy atom. The molecule has 9 nitrogen and oxygen atoms in total. The summed E-state index contributed by atoms with van der Waals surface area (Å²) in [5, 5.41) is 2.95. The first-order chi connectivity index (χ1) is 15.8. The van der Waals surface area contributed by atoms with Gasteiger partial charge >= 0.3 is 0 Å². The molecular weight excluding hydrogens is 424 g/mol. The number of carbonyl (C=O) groups is 3. The molecule has 1 aromatic carbocycles. The molecule has 9 heteroatoms. The number of amides is 2. The fourth-order valence-corrected chi connectivity index (χ4v) is 3.75. The highest BCUT2D eigenvalue weighted by molar-refractivity contribution is 6.01. The molecule has 0 aliphatic carbocycles. The number of hydrogen-bond donors (Lipinski definition) is 1. The average Bonchev–Trinajstić information content (AvgIpc) is 3.27. The number of ether oxygens (including phenoxy) is 1. The van der Waals surface area contributed by atoms with E-state index in [0.717, 1.165) is 32.5 Å². The standard InChI is InChI=1S/C24H32N4O5/c1-5-27(6-2)11-7-8-16(3)25-24(31)19-14-33-22(26-19)13-28-20-12-18(17(4)29)9-10-21(20)32-15-23(28)30/h9-10,12,14,16H,5-8,11,13,15H2,1-4H3,(H,25,31). The van der Waals surface area contributed by atoms with Crippen molar-refractivity contribution in [1.29, 1.82) is 0 Å². The maximum absolute atomic E-state index is 12.6. The summed E-state index contributed by atoms with van der Waals surface area (Å²) in [6.07, 6.45) is 3.16. The van der Waals surface area contributed by atoms with Gasteiger partial charge in [-0.3, -0.25) is 19.3 Å².